The van der Waals surface area contributed by atoms with Crippen LogP contribution in [0.15, 0.2) is 72.8 Å². The molecule has 0 spiro atoms. The van der Waals surface area contributed by atoms with Crippen molar-refractivity contribution >= 4 is 21.8 Å². The van der Waals surface area contributed by atoms with E-state index >= 15 is 0 Å². The molecule has 1 heterocycles. The van der Waals surface area contributed by atoms with Crippen LogP contribution >= 0.6 is 0 Å². The Bertz CT molecular complexity index is 1080. The van der Waals surface area contributed by atoms with E-state index in [9.17, 15) is 5.11 Å². The molecule has 0 bridgehead atoms. The first kappa shape index (κ1) is 19.4. The van der Waals surface area contributed by atoms with Crippen molar-refractivity contribution in [3.63, 3.8) is 0 Å². The maximum absolute atomic E-state index is 9.88. The third-order valence-corrected chi connectivity index (χ3v) is 6.19. The molecular weight excluding hydrogens is 358 g/mol. The molecule has 0 aliphatic heterocycles. The summed E-state index contributed by atoms with van der Waals surface area (Å²) in [5.41, 5.74) is 2.54. The number of aromatic nitrogens is 1. The van der Waals surface area contributed by atoms with Crippen molar-refractivity contribution in [2.45, 2.75) is 45.1 Å². The molecule has 150 valence electrons. The Labute approximate surface area is 172 Å². The summed E-state index contributed by atoms with van der Waals surface area (Å²) in [5.74, 6) is 1.43. The molecule has 3 nitrogen and oxygen atoms in total. The fourth-order valence-electron chi connectivity index (χ4n) is 4.69. The average Bonchev–Trinajstić information content (AvgIpc) is 3.08. The van der Waals surface area contributed by atoms with Crippen molar-refractivity contribution in [2.24, 2.45) is 5.92 Å². The van der Waals surface area contributed by atoms with Gasteiger partial charge in [0.05, 0.1) is 0 Å². The van der Waals surface area contributed by atoms with Gasteiger partial charge in [0.2, 0.25) is 0 Å². The second kappa shape index (κ2) is 8.60. The summed E-state index contributed by atoms with van der Waals surface area (Å²) >= 11 is 0. The van der Waals surface area contributed by atoms with Gasteiger partial charge in [0, 0.05) is 27.8 Å². The minimum absolute atomic E-state index is 0.322. The van der Waals surface area contributed by atoms with Gasteiger partial charge >= 0.3 is 0 Å². The third kappa shape index (κ3) is 4.09. The molecule has 1 atom stereocenters. The van der Waals surface area contributed by atoms with E-state index in [0.717, 1.165) is 5.92 Å². The summed E-state index contributed by atoms with van der Waals surface area (Å²) in [6, 6.07) is 23.6. The van der Waals surface area contributed by atoms with Gasteiger partial charge in [-0.05, 0) is 62.1 Å². The molecule has 0 saturated heterocycles. The molecule has 1 fully saturated rings. The Morgan fingerprint density at radius 1 is 0.724 bits per heavy atom. The maximum Gasteiger partial charge on any atom is 0.116 e. The number of nitrogens with zero attached hydrogens (tertiary/aromatic N) is 1. The summed E-state index contributed by atoms with van der Waals surface area (Å²) in [4.78, 5) is 0. The highest BCUT2D eigenvalue weighted by Gasteiger charge is 2.24. The number of hydrogen-bond acceptors (Lipinski definition) is 2. The monoisotopic (exact) mass is 387 g/mol. The molecule has 1 saturated carbocycles. The number of phenols is 2. The first-order valence-corrected chi connectivity index (χ1v) is 10.6. The lowest BCUT2D eigenvalue weighted by molar-refractivity contribution is 0.272. The molecule has 29 heavy (non-hydrogen) atoms. The summed E-state index contributed by atoms with van der Waals surface area (Å²) in [7, 11) is 0. The summed E-state index contributed by atoms with van der Waals surface area (Å²) in [6.45, 7) is 2.37. The molecule has 1 aliphatic rings. The van der Waals surface area contributed by atoms with Crippen molar-refractivity contribution in [2.75, 3.05) is 0 Å². The lowest BCUT2D eigenvalue weighted by Crippen LogP contribution is -2.19. The van der Waals surface area contributed by atoms with Crippen LogP contribution in [0.2, 0.25) is 0 Å². The molecule has 0 amide bonds. The first-order valence-electron chi connectivity index (χ1n) is 10.6. The van der Waals surface area contributed by atoms with Crippen LogP contribution < -0.4 is 0 Å². The third-order valence-electron chi connectivity index (χ3n) is 6.19. The van der Waals surface area contributed by atoms with Crippen LogP contribution in [0.1, 0.15) is 45.1 Å². The Kier molecular flexibility index (Phi) is 5.75. The summed E-state index contributed by atoms with van der Waals surface area (Å²) in [5, 5.41) is 20.9. The van der Waals surface area contributed by atoms with Crippen molar-refractivity contribution < 1.29 is 10.2 Å². The Balaban J connectivity index is 0.000000249. The normalized spacial score (nSPS) is 15.8. The fourth-order valence-corrected chi connectivity index (χ4v) is 4.69. The molecule has 3 aromatic carbocycles. The number of aromatic hydroxyl groups is 2. The van der Waals surface area contributed by atoms with Gasteiger partial charge < -0.3 is 14.8 Å². The quantitative estimate of drug-likeness (QED) is 0.388. The van der Waals surface area contributed by atoms with Gasteiger partial charge in [-0.25, -0.2) is 0 Å². The van der Waals surface area contributed by atoms with Gasteiger partial charge in [-0.3, -0.25) is 0 Å². The largest absolute Gasteiger partial charge is 0.508 e. The lowest BCUT2D eigenvalue weighted by Gasteiger charge is -2.30. The zero-order valence-corrected chi connectivity index (χ0v) is 17.0. The highest BCUT2D eigenvalue weighted by atomic mass is 16.3. The SMILES string of the molecule is CC(C1CCCCC1)n1c2ccccc2c2cc(O)ccc21.Oc1ccccc1. The van der Waals surface area contributed by atoms with E-state index in [1.807, 2.05) is 18.2 Å². The Hall–Kier alpha value is -2.94. The van der Waals surface area contributed by atoms with Gasteiger partial charge in [-0.2, -0.15) is 0 Å². The van der Waals surface area contributed by atoms with Crippen LogP contribution in [0.5, 0.6) is 11.5 Å². The number of fused-ring (bicyclic) bond motifs is 3. The van der Waals surface area contributed by atoms with E-state index in [4.69, 9.17) is 5.11 Å². The van der Waals surface area contributed by atoms with Crippen LogP contribution in [0, 0.1) is 5.92 Å². The lowest BCUT2D eigenvalue weighted by atomic mass is 9.84. The number of benzene rings is 3. The number of para-hydroxylation sites is 2. The van der Waals surface area contributed by atoms with Crippen molar-refractivity contribution in [3.8, 4) is 11.5 Å². The van der Waals surface area contributed by atoms with Gasteiger partial charge in [-0.1, -0.05) is 55.7 Å². The van der Waals surface area contributed by atoms with Crippen molar-refractivity contribution in [1.82, 2.24) is 4.57 Å². The summed E-state index contributed by atoms with van der Waals surface area (Å²) in [6.07, 6.45) is 6.81. The van der Waals surface area contributed by atoms with Crippen LogP contribution in [0.3, 0.4) is 0 Å². The van der Waals surface area contributed by atoms with Gasteiger partial charge in [0.25, 0.3) is 0 Å². The minimum atomic E-state index is 0.322. The van der Waals surface area contributed by atoms with E-state index in [-0.39, 0.29) is 0 Å². The summed E-state index contributed by atoms with van der Waals surface area (Å²) < 4.78 is 2.50. The van der Waals surface area contributed by atoms with Crippen LogP contribution in [0.4, 0.5) is 0 Å². The molecule has 1 unspecified atom stereocenters. The fraction of sp³-hybridized carbons (Fsp3) is 0.308. The zero-order valence-electron chi connectivity index (χ0n) is 17.0. The van der Waals surface area contributed by atoms with E-state index in [1.165, 1.54) is 53.9 Å². The number of phenolic OH excluding ortho intramolecular Hbond substituents is 2. The molecule has 4 aromatic rings. The average molecular weight is 388 g/mol. The van der Waals surface area contributed by atoms with Crippen molar-refractivity contribution in [1.29, 1.82) is 0 Å². The standard InChI is InChI=1S/C20H23NO.C6H6O/c1-14(15-7-3-2-4-8-15)21-19-10-6-5-9-17(19)18-13-16(22)11-12-20(18)21;7-6-4-2-1-3-5-6/h5-6,9-15,22H,2-4,7-8H2,1H3;1-5,7H. The molecule has 1 aliphatic carbocycles. The Morgan fingerprint density at radius 2 is 1.38 bits per heavy atom. The zero-order chi connectivity index (χ0) is 20.2. The second-order valence-electron chi connectivity index (χ2n) is 8.06. The van der Waals surface area contributed by atoms with E-state index < -0.39 is 0 Å². The minimum Gasteiger partial charge on any atom is -0.508 e. The first-order chi connectivity index (χ1) is 14.1. The Morgan fingerprint density at radius 3 is 2.07 bits per heavy atom. The van der Waals surface area contributed by atoms with Gasteiger partial charge in [-0.15, -0.1) is 0 Å². The highest BCUT2D eigenvalue weighted by Crippen LogP contribution is 2.39. The topological polar surface area (TPSA) is 45.4 Å². The second-order valence-corrected chi connectivity index (χ2v) is 8.06. The number of hydrogen-bond donors (Lipinski definition) is 2. The van der Waals surface area contributed by atoms with Gasteiger partial charge in [0.15, 0.2) is 0 Å². The molecule has 1 aromatic heterocycles. The van der Waals surface area contributed by atoms with E-state index in [0.29, 0.717) is 17.5 Å². The molecule has 2 N–H and O–H groups in total. The molecule has 5 rings (SSSR count). The van der Waals surface area contributed by atoms with Crippen LogP contribution in [-0.4, -0.2) is 14.8 Å². The van der Waals surface area contributed by atoms with E-state index in [2.05, 4.69) is 41.8 Å². The van der Waals surface area contributed by atoms with Crippen molar-refractivity contribution in [3.05, 3.63) is 72.8 Å². The highest BCUT2D eigenvalue weighted by molar-refractivity contribution is 6.08. The smallest absolute Gasteiger partial charge is 0.116 e. The van der Waals surface area contributed by atoms with Crippen LogP contribution in [-0.2, 0) is 0 Å². The molecular formula is C26H29NO2. The number of rotatable bonds is 2. The maximum atomic E-state index is 9.88. The van der Waals surface area contributed by atoms with Gasteiger partial charge in [0.1, 0.15) is 11.5 Å². The predicted octanol–water partition coefficient (Wildman–Crippen LogP) is 7.03. The molecule has 0 radical (unpaired) electrons. The molecule has 3 heteroatoms. The van der Waals surface area contributed by atoms with Crippen LogP contribution in [0.25, 0.3) is 21.8 Å². The predicted molar refractivity (Wildman–Crippen MR) is 121 cm³/mol. The van der Waals surface area contributed by atoms with E-state index in [1.54, 1.807) is 24.3 Å².